The molecule has 27 heavy (non-hydrogen) atoms. The molecule has 0 saturated carbocycles. The van der Waals surface area contributed by atoms with Crippen LogP contribution in [-0.4, -0.2) is 23.2 Å². The summed E-state index contributed by atoms with van der Waals surface area (Å²) in [6, 6.07) is 22.7. The predicted molar refractivity (Wildman–Crippen MR) is 114 cm³/mol. The average molecular weight is 375 g/mol. The number of rotatable bonds is 6. The second kappa shape index (κ2) is 7.89. The summed E-state index contributed by atoms with van der Waals surface area (Å²) in [7, 11) is 0. The summed E-state index contributed by atoms with van der Waals surface area (Å²) in [5.41, 5.74) is 3.42. The van der Waals surface area contributed by atoms with Crippen LogP contribution in [0.25, 0.3) is 21.7 Å². The molecule has 1 amide bonds. The van der Waals surface area contributed by atoms with Gasteiger partial charge < -0.3 is 10.3 Å². The van der Waals surface area contributed by atoms with Crippen LogP contribution < -0.4 is 5.32 Å². The Morgan fingerprint density at radius 1 is 0.963 bits per heavy atom. The zero-order chi connectivity index (χ0) is 18.6. The Hall–Kier alpha value is -2.72. The van der Waals surface area contributed by atoms with Gasteiger partial charge in [0.15, 0.2) is 0 Å². The smallest absolute Gasteiger partial charge is 0.224 e. The summed E-state index contributed by atoms with van der Waals surface area (Å²) in [6.07, 6.45) is 0.415. The number of fused-ring (bicyclic) bond motifs is 2. The van der Waals surface area contributed by atoms with Crippen molar-refractivity contribution in [2.24, 2.45) is 0 Å². The van der Waals surface area contributed by atoms with E-state index in [1.807, 2.05) is 30.3 Å². The highest BCUT2D eigenvalue weighted by molar-refractivity contribution is 7.99. The molecule has 0 radical (unpaired) electrons. The molecular weight excluding hydrogens is 352 g/mol. The van der Waals surface area contributed by atoms with Crippen molar-refractivity contribution in [3.63, 3.8) is 0 Å². The lowest BCUT2D eigenvalue weighted by Gasteiger charge is -2.08. The lowest BCUT2D eigenvalue weighted by atomic mass is 10.0. The number of para-hydroxylation sites is 1. The largest absolute Gasteiger partial charge is 0.358 e. The summed E-state index contributed by atoms with van der Waals surface area (Å²) in [4.78, 5) is 17.1. The number of hydrogen-bond donors (Lipinski definition) is 2. The number of benzene rings is 3. The normalized spacial score (nSPS) is 11.1. The molecule has 0 unspecified atom stereocenters. The van der Waals surface area contributed by atoms with Crippen molar-refractivity contribution < 1.29 is 4.79 Å². The molecule has 3 aromatic carbocycles. The topological polar surface area (TPSA) is 44.9 Å². The Kier molecular flexibility index (Phi) is 5.16. The van der Waals surface area contributed by atoms with Gasteiger partial charge in [0.2, 0.25) is 5.91 Å². The lowest BCUT2D eigenvalue weighted by molar-refractivity contribution is -0.120. The van der Waals surface area contributed by atoms with E-state index in [4.69, 9.17) is 0 Å². The number of nitrogens with one attached hydrogen (secondary N) is 2. The summed E-state index contributed by atoms with van der Waals surface area (Å²) in [5, 5.41) is 6.63. The third kappa shape index (κ3) is 3.86. The molecule has 1 aromatic heterocycles. The highest BCUT2D eigenvalue weighted by atomic mass is 32.2. The molecule has 4 aromatic rings. The molecular formula is C23H22N2OS. The summed E-state index contributed by atoms with van der Waals surface area (Å²) in [6.45, 7) is 2.76. The third-order valence-corrected chi connectivity index (χ3v) is 5.96. The van der Waals surface area contributed by atoms with Crippen LogP contribution in [0, 0.1) is 6.92 Å². The van der Waals surface area contributed by atoms with Crippen molar-refractivity contribution in [2.45, 2.75) is 18.2 Å². The number of amides is 1. The Balaban J connectivity index is 1.34. The lowest BCUT2D eigenvalue weighted by Crippen LogP contribution is -2.27. The van der Waals surface area contributed by atoms with Crippen molar-refractivity contribution in [1.29, 1.82) is 0 Å². The first-order valence-electron chi connectivity index (χ1n) is 9.16. The van der Waals surface area contributed by atoms with Gasteiger partial charge in [-0.15, -0.1) is 11.8 Å². The molecule has 0 aliphatic rings. The Morgan fingerprint density at radius 3 is 2.59 bits per heavy atom. The minimum absolute atomic E-state index is 0.0719. The SMILES string of the molecule is Cc1[nH]c2ccccc2c1SCCNC(=O)Cc1cccc2ccccc12. The molecule has 2 N–H and O–H groups in total. The minimum Gasteiger partial charge on any atom is -0.358 e. The molecule has 0 saturated heterocycles. The molecule has 3 nitrogen and oxygen atoms in total. The van der Waals surface area contributed by atoms with Crippen LogP contribution in [0.1, 0.15) is 11.3 Å². The van der Waals surface area contributed by atoms with E-state index < -0.39 is 0 Å². The van der Waals surface area contributed by atoms with E-state index in [-0.39, 0.29) is 5.91 Å². The van der Waals surface area contributed by atoms with Gasteiger partial charge in [0.25, 0.3) is 0 Å². The van der Waals surface area contributed by atoms with Gasteiger partial charge in [-0.1, -0.05) is 60.7 Å². The number of aromatic amines is 1. The Bertz CT molecular complexity index is 1090. The molecule has 4 heteroatoms. The van der Waals surface area contributed by atoms with E-state index in [0.29, 0.717) is 13.0 Å². The summed E-state index contributed by atoms with van der Waals surface area (Å²) in [5.74, 6) is 0.923. The number of aryl methyl sites for hydroxylation is 1. The minimum atomic E-state index is 0.0719. The van der Waals surface area contributed by atoms with Gasteiger partial charge in [-0.3, -0.25) is 4.79 Å². The van der Waals surface area contributed by atoms with Crippen molar-refractivity contribution in [1.82, 2.24) is 10.3 Å². The first-order chi connectivity index (χ1) is 13.2. The maximum Gasteiger partial charge on any atom is 0.224 e. The zero-order valence-electron chi connectivity index (χ0n) is 15.3. The highest BCUT2D eigenvalue weighted by Gasteiger charge is 2.09. The first-order valence-corrected chi connectivity index (χ1v) is 10.1. The third-order valence-electron chi connectivity index (χ3n) is 4.74. The van der Waals surface area contributed by atoms with E-state index in [1.165, 1.54) is 21.4 Å². The maximum atomic E-state index is 12.4. The van der Waals surface area contributed by atoms with Crippen LogP contribution >= 0.6 is 11.8 Å². The molecule has 4 rings (SSSR count). The first kappa shape index (κ1) is 17.7. The Morgan fingerprint density at radius 2 is 1.70 bits per heavy atom. The molecule has 0 aliphatic carbocycles. The molecule has 0 bridgehead atoms. The van der Waals surface area contributed by atoms with Crippen molar-refractivity contribution in [2.75, 3.05) is 12.3 Å². The van der Waals surface area contributed by atoms with Gasteiger partial charge in [-0.25, -0.2) is 0 Å². The highest BCUT2D eigenvalue weighted by Crippen LogP contribution is 2.30. The van der Waals surface area contributed by atoms with Gasteiger partial charge in [0, 0.05) is 33.8 Å². The fourth-order valence-electron chi connectivity index (χ4n) is 3.46. The molecule has 0 fully saturated rings. The molecule has 0 aliphatic heterocycles. The summed E-state index contributed by atoms with van der Waals surface area (Å²) < 4.78 is 0. The molecule has 0 spiro atoms. The molecule has 1 heterocycles. The number of H-pyrrole nitrogens is 1. The number of hydrogen-bond acceptors (Lipinski definition) is 2. The van der Waals surface area contributed by atoms with Gasteiger partial charge in [-0.05, 0) is 29.3 Å². The average Bonchev–Trinajstić information content (AvgIpc) is 3.01. The van der Waals surface area contributed by atoms with Crippen LogP contribution in [0.5, 0.6) is 0 Å². The monoisotopic (exact) mass is 374 g/mol. The second-order valence-corrected chi connectivity index (χ2v) is 7.74. The van der Waals surface area contributed by atoms with Gasteiger partial charge in [0.05, 0.1) is 6.42 Å². The van der Waals surface area contributed by atoms with Crippen molar-refractivity contribution in [3.05, 3.63) is 78.0 Å². The van der Waals surface area contributed by atoms with Crippen molar-refractivity contribution >= 4 is 39.3 Å². The van der Waals surface area contributed by atoms with E-state index in [0.717, 1.165) is 22.2 Å². The Labute approximate surface area is 163 Å². The standard InChI is InChI=1S/C23H22N2OS/c1-16-23(20-11-4-5-12-21(20)25-16)27-14-13-24-22(26)15-18-9-6-8-17-7-2-3-10-19(17)18/h2-12,25H,13-15H2,1H3,(H,24,26). The van der Waals surface area contributed by atoms with Crippen LogP contribution in [0.4, 0.5) is 0 Å². The zero-order valence-corrected chi connectivity index (χ0v) is 16.1. The fraction of sp³-hybridized carbons (Fsp3) is 0.174. The summed E-state index contributed by atoms with van der Waals surface area (Å²) >= 11 is 1.79. The number of aromatic nitrogens is 1. The number of carbonyl (C=O) groups excluding carboxylic acids is 1. The van der Waals surface area contributed by atoms with E-state index in [9.17, 15) is 4.79 Å². The van der Waals surface area contributed by atoms with Crippen LogP contribution in [0.15, 0.2) is 71.6 Å². The van der Waals surface area contributed by atoms with E-state index in [2.05, 4.69) is 53.6 Å². The van der Waals surface area contributed by atoms with E-state index >= 15 is 0 Å². The quantitative estimate of drug-likeness (QED) is 0.365. The van der Waals surface area contributed by atoms with Crippen LogP contribution in [0.2, 0.25) is 0 Å². The van der Waals surface area contributed by atoms with Gasteiger partial charge >= 0.3 is 0 Å². The van der Waals surface area contributed by atoms with Crippen molar-refractivity contribution in [3.8, 4) is 0 Å². The molecule has 0 atom stereocenters. The van der Waals surface area contributed by atoms with Gasteiger partial charge in [0.1, 0.15) is 0 Å². The fourth-order valence-corrected chi connectivity index (χ4v) is 4.47. The second-order valence-electron chi connectivity index (χ2n) is 6.64. The van der Waals surface area contributed by atoms with Crippen LogP contribution in [0.3, 0.4) is 0 Å². The number of carbonyl (C=O) groups is 1. The van der Waals surface area contributed by atoms with E-state index in [1.54, 1.807) is 11.8 Å². The van der Waals surface area contributed by atoms with Gasteiger partial charge in [-0.2, -0.15) is 0 Å². The maximum absolute atomic E-state index is 12.4. The number of thioether (sulfide) groups is 1. The van der Waals surface area contributed by atoms with Crippen LogP contribution in [-0.2, 0) is 11.2 Å². The molecule has 136 valence electrons. The predicted octanol–water partition coefficient (Wildman–Crippen LogP) is 5.08.